The van der Waals surface area contributed by atoms with Crippen molar-refractivity contribution in [2.24, 2.45) is 5.92 Å². The molecule has 2 aliphatic rings. The van der Waals surface area contributed by atoms with E-state index in [4.69, 9.17) is 14.2 Å². The van der Waals surface area contributed by atoms with Gasteiger partial charge >= 0.3 is 0 Å². The largest absolute Gasteiger partial charge is 0.497 e. The monoisotopic (exact) mass is 875 g/mol. The first-order valence-corrected chi connectivity index (χ1v) is 23.7. The van der Waals surface area contributed by atoms with Crippen LogP contribution < -0.4 is 24.9 Å². The van der Waals surface area contributed by atoms with E-state index >= 15 is 4.79 Å². The standard InChI is InChI=1S/C47H50BrN3O7Si/c1-31-44(59(4,5)39-22-20-38(57-3)21-23-39)42(28-43(53)50(25-26-52)29-32-9-7-6-8-10-32)58-47(31)40-27-35(48)15-24-41(40)51(46(47)55)30-33-11-16-36(17-12-33)49-45(54)34-13-18-37(56-2)19-14-34/h6-24,27,31,42,44,52H,25-26,28-30H2,1-5H3,(H,49,54)/t31-,42+,44-,47+/m0/s1. The van der Waals surface area contributed by atoms with Crippen molar-refractivity contribution in [3.63, 3.8) is 0 Å². The zero-order valence-electron chi connectivity index (χ0n) is 34.0. The van der Waals surface area contributed by atoms with E-state index in [1.807, 2.05) is 84.9 Å². The van der Waals surface area contributed by atoms with Crippen LogP contribution in [0.4, 0.5) is 11.4 Å². The van der Waals surface area contributed by atoms with Crippen LogP contribution in [0.3, 0.4) is 0 Å². The van der Waals surface area contributed by atoms with Gasteiger partial charge in [0, 0.05) is 40.3 Å². The van der Waals surface area contributed by atoms with E-state index in [0.29, 0.717) is 23.5 Å². The molecule has 10 nitrogen and oxygen atoms in total. The van der Waals surface area contributed by atoms with Crippen LogP contribution in [0.5, 0.6) is 11.5 Å². The molecular weight excluding hydrogens is 827 g/mol. The topological polar surface area (TPSA) is 118 Å². The lowest BCUT2D eigenvalue weighted by Crippen LogP contribution is -2.52. The van der Waals surface area contributed by atoms with Gasteiger partial charge in [0.25, 0.3) is 11.8 Å². The van der Waals surface area contributed by atoms with E-state index in [1.54, 1.807) is 48.3 Å². The molecule has 4 atom stereocenters. The normalized spacial score (nSPS) is 19.7. The number of carbonyl (C=O) groups is 3. The second kappa shape index (κ2) is 17.5. The highest BCUT2D eigenvalue weighted by Crippen LogP contribution is 2.60. The second-order valence-electron chi connectivity index (χ2n) is 15.8. The lowest BCUT2D eigenvalue weighted by Gasteiger charge is -2.37. The van der Waals surface area contributed by atoms with E-state index in [0.717, 1.165) is 32.6 Å². The number of halogens is 1. The minimum Gasteiger partial charge on any atom is -0.497 e. The minimum atomic E-state index is -2.53. The smallest absolute Gasteiger partial charge is 0.264 e. The molecule has 2 aliphatic heterocycles. The molecule has 0 aliphatic carbocycles. The van der Waals surface area contributed by atoms with Gasteiger partial charge in [-0.15, -0.1) is 0 Å². The minimum absolute atomic E-state index is 0.0521. The van der Waals surface area contributed by atoms with E-state index in [9.17, 15) is 14.7 Å². The first kappa shape index (κ1) is 41.9. The number of aliphatic hydroxyl groups is 1. The number of nitrogens with one attached hydrogen (secondary N) is 1. The number of aliphatic hydroxyl groups excluding tert-OH is 1. The van der Waals surface area contributed by atoms with E-state index in [-0.39, 0.29) is 55.3 Å². The third-order valence-electron chi connectivity index (χ3n) is 12.0. The number of methoxy groups -OCH3 is 2. The van der Waals surface area contributed by atoms with Crippen LogP contribution in [0, 0.1) is 5.92 Å². The number of rotatable bonds is 14. The Labute approximate surface area is 355 Å². The van der Waals surface area contributed by atoms with Gasteiger partial charge in [-0.2, -0.15) is 0 Å². The summed E-state index contributed by atoms with van der Waals surface area (Å²) in [5, 5.41) is 14.2. The summed E-state index contributed by atoms with van der Waals surface area (Å²) in [6.45, 7) is 7.31. The predicted molar refractivity (Wildman–Crippen MR) is 236 cm³/mol. The first-order valence-electron chi connectivity index (χ1n) is 19.8. The fourth-order valence-corrected chi connectivity index (χ4v) is 13.4. The zero-order valence-corrected chi connectivity index (χ0v) is 36.6. The number of hydrogen-bond acceptors (Lipinski definition) is 7. The molecule has 0 radical (unpaired) electrons. The summed E-state index contributed by atoms with van der Waals surface area (Å²) < 4.78 is 18.8. The lowest BCUT2D eigenvalue weighted by atomic mass is 9.82. The number of hydrogen-bond donors (Lipinski definition) is 2. The molecule has 5 aromatic carbocycles. The summed E-state index contributed by atoms with van der Waals surface area (Å²) in [4.78, 5) is 46.1. The molecule has 1 spiro atoms. The van der Waals surface area contributed by atoms with Gasteiger partial charge < -0.3 is 34.4 Å². The van der Waals surface area contributed by atoms with Crippen molar-refractivity contribution >= 4 is 58.3 Å². The van der Waals surface area contributed by atoms with Gasteiger partial charge in [0.2, 0.25) is 5.91 Å². The summed E-state index contributed by atoms with van der Waals surface area (Å²) in [5.41, 5.74) is 2.96. The fourth-order valence-electron chi connectivity index (χ4n) is 8.98. The number of carbonyl (C=O) groups excluding carboxylic acids is 3. The Hall–Kier alpha value is -5.27. The number of ether oxygens (including phenoxy) is 3. The third-order valence-corrected chi connectivity index (χ3v) is 16.9. The SMILES string of the molecule is COc1ccc(C(=O)Nc2ccc(CN3C(=O)[C@]4(O[C@H](CC(=O)N(CCO)Cc5ccccc5)[C@@H]([Si](C)(C)c5ccc(OC)cc5)[C@@H]4C)c4cc(Br)ccc43)cc2)cc1. The van der Waals surface area contributed by atoms with Gasteiger partial charge in [0.15, 0.2) is 5.60 Å². The van der Waals surface area contributed by atoms with E-state index in [2.05, 4.69) is 53.4 Å². The molecular formula is C47H50BrN3O7Si. The molecule has 1 fully saturated rings. The van der Waals surface area contributed by atoms with Crippen LogP contribution in [-0.2, 0) is 33.0 Å². The second-order valence-corrected chi connectivity index (χ2v) is 21.4. The van der Waals surface area contributed by atoms with Gasteiger partial charge in [-0.1, -0.05) is 95.7 Å². The molecule has 0 bridgehead atoms. The molecule has 0 unspecified atom stereocenters. The van der Waals surface area contributed by atoms with Crippen LogP contribution in [0.2, 0.25) is 18.6 Å². The van der Waals surface area contributed by atoms with Crippen LogP contribution in [-0.4, -0.2) is 69.3 Å². The Balaban J connectivity index is 1.21. The first-order chi connectivity index (χ1) is 28.4. The highest BCUT2D eigenvalue weighted by Gasteiger charge is 2.66. The lowest BCUT2D eigenvalue weighted by molar-refractivity contribution is -0.150. The average molecular weight is 877 g/mol. The summed E-state index contributed by atoms with van der Waals surface area (Å²) >= 11 is 3.69. The van der Waals surface area contributed by atoms with Crippen LogP contribution >= 0.6 is 15.9 Å². The molecule has 1 saturated heterocycles. The molecule has 306 valence electrons. The molecule has 0 saturated carbocycles. The Bertz CT molecular complexity index is 2290. The summed E-state index contributed by atoms with van der Waals surface area (Å²) in [7, 11) is 0.695. The molecule has 12 heteroatoms. The average Bonchev–Trinajstić information content (AvgIpc) is 3.67. The van der Waals surface area contributed by atoms with Crippen molar-refractivity contribution in [1.82, 2.24) is 4.90 Å². The van der Waals surface area contributed by atoms with Crippen LogP contribution in [0.1, 0.15) is 40.4 Å². The van der Waals surface area contributed by atoms with E-state index in [1.165, 1.54) is 5.19 Å². The number of fused-ring (bicyclic) bond motifs is 2. The Kier molecular flexibility index (Phi) is 12.4. The van der Waals surface area contributed by atoms with Crippen molar-refractivity contribution in [3.05, 3.63) is 148 Å². The van der Waals surface area contributed by atoms with Gasteiger partial charge in [0.05, 0.1) is 53.7 Å². The highest BCUT2D eigenvalue weighted by molar-refractivity contribution is 9.10. The van der Waals surface area contributed by atoms with Crippen molar-refractivity contribution in [2.45, 2.75) is 56.8 Å². The Morgan fingerprint density at radius 2 is 1.53 bits per heavy atom. The molecule has 2 heterocycles. The molecule has 0 aromatic heterocycles. The van der Waals surface area contributed by atoms with Crippen molar-refractivity contribution in [2.75, 3.05) is 37.6 Å². The molecule has 7 rings (SSSR count). The van der Waals surface area contributed by atoms with Gasteiger partial charge in [-0.3, -0.25) is 14.4 Å². The number of nitrogens with zero attached hydrogens (tertiary/aromatic N) is 2. The Morgan fingerprint density at radius 3 is 2.15 bits per heavy atom. The third kappa shape index (κ3) is 8.32. The number of amides is 3. The summed E-state index contributed by atoms with van der Waals surface area (Å²) in [5.74, 6) is 0.550. The number of anilines is 2. The summed E-state index contributed by atoms with van der Waals surface area (Å²) in [6.07, 6.45) is -0.543. The van der Waals surface area contributed by atoms with Crippen molar-refractivity contribution < 1.29 is 33.7 Å². The van der Waals surface area contributed by atoms with Gasteiger partial charge in [-0.05, 0) is 83.4 Å². The predicted octanol–water partition coefficient (Wildman–Crippen LogP) is 7.89. The van der Waals surface area contributed by atoms with Gasteiger partial charge in [-0.25, -0.2) is 0 Å². The maximum atomic E-state index is 15.3. The van der Waals surface area contributed by atoms with Crippen LogP contribution in [0.15, 0.2) is 126 Å². The highest BCUT2D eigenvalue weighted by atomic mass is 79.9. The quantitative estimate of drug-likeness (QED) is 0.109. The number of benzene rings is 5. The fraction of sp³-hybridized carbons (Fsp3) is 0.298. The molecule has 2 N–H and O–H groups in total. The van der Waals surface area contributed by atoms with Crippen LogP contribution in [0.25, 0.3) is 0 Å². The Morgan fingerprint density at radius 1 is 0.881 bits per heavy atom. The van der Waals surface area contributed by atoms with Crippen molar-refractivity contribution in [1.29, 1.82) is 0 Å². The molecule has 59 heavy (non-hydrogen) atoms. The maximum absolute atomic E-state index is 15.3. The summed E-state index contributed by atoms with van der Waals surface area (Å²) in [6, 6.07) is 38.1. The maximum Gasteiger partial charge on any atom is 0.264 e. The van der Waals surface area contributed by atoms with Crippen molar-refractivity contribution in [3.8, 4) is 11.5 Å². The van der Waals surface area contributed by atoms with Gasteiger partial charge in [0.1, 0.15) is 11.5 Å². The molecule has 5 aromatic rings. The van der Waals surface area contributed by atoms with E-state index < -0.39 is 19.8 Å². The zero-order chi connectivity index (χ0) is 41.9. The molecule has 3 amide bonds.